The van der Waals surface area contributed by atoms with E-state index in [1.807, 2.05) is 11.9 Å². The van der Waals surface area contributed by atoms with E-state index < -0.39 is 10.0 Å². The molecule has 2 N–H and O–H groups in total. The van der Waals surface area contributed by atoms with Gasteiger partial charge in [0.05, 0.1) is 5.25 Å². The molecule has 0 aromatic carbocycles. The van der Waals surface area contributed by atoms with E-state index in [-0.39, 0.29) is 5.25 Å². The van der Waals surface area contributed by atoms with Gasteiger partial charge in [-0.15, -0.1) is 0 Å². The molecule has 5 heteroatoms. The van der Waals surface area contributed by atoms with E-state index in [0.717, 1.165) is 13.0 Å². The van der Waals surface area contributed by atoms with Gasteiger partial charge in [0.15, 0.2) is 0 Å². The molecule has 1 aliphatic rings. The van der Waals surface area contributed by atoms with E-state index in [1.165, 1.54) is 0 Å². The number of piperidine rings is 1. The van der Waals surface area contributed by atoms with Crippen molar-refractivity contribution in [2.24, 2.45) is 5.14 Å². The zero-order valence-electron chi connectivity index (χ0n) is 6.66. The molecule has 1 unspecified atom stereocenters. The Morgan fingerprint density at radius 1 is 1.55 bits per heavy atom. The Bertz CT molecular complexity index is 225. The quantitative estimate of drug-likeness (QED) is 0.581. The minimum atomic E-state index is -3.30. The number of likely N-dealkylation sites (tertiary alicyclic amines) is 1. The molecule has 1 heterocycles. The largest absolute Gasteiger partial charge is 0.305 e. The standard InChI is InChI=1S/C6H14N2O2S/c1-8-4-2-3-6(5-8)11(7,9)10/h6H,2-5H2,1H3,(H2,7,9,10). The van der Waals surface area contributed by atoms with Crippen LogP contribution < -0.4 is 5.14 Å². The number of primary sulfonamides is 1. The molecule has 11 heavy (non-hydrogen) atoms. The Morgan fingerprint density at radius 3 is 2.55 bits per heavy atom. The predicted octanol–water partition coefficient (Wildman–Crippen LogP) is -0.631. The molecule has 0 saturated carbocycles. The first-order valence-electron chi connectivity index (χ1n) is 3.70. The first-order chi connectivity index (χ1) is 5.00. The van der Waals surface area contributed by atoms with Crippen molar-refractivity contribution < 1.29 is 8.42 Å². The molecule has 0 radical (unpaired) electrons. The lowest BCUT2D eigenvalue weighted by Crippen LogP contribution is -2.42. The third kappa shape index (κ3) is 2.43. The van der Waals surface area contributed by atoms with Crippen LogP contribution in [0.1, 0.15) is 12.8 Å². The Labute approximate surface area is 67.4 Å². The molecule has 1 rings (SSSR count). The van der Waals surface area contributed by atoms with Crippen molar-refractivity contribution in [2.75, 3.05) is 20.1 Å². The molecule has 1 aliphatic heterocycles. The Kier molecular flexibility index (Phi) is 2.51. The van der Waals surface area contributed by atoms with Gasteiger partial charge in [0.25, 0.3) is 0 Å². The summed E-state index contributed by atoms with van der Waals surface area (Å²) in [5.74, 6) is 0. The van der Waals surface area contributed by atoms with Gasteiger partial charge in [0.2, 0.25) is 10.0 Å². The molecule has 0 bridgehead atoms. The lowest BCUT2D eigenvalue weighted by Gasteiger charge is -2.27. The smallest absolute Gasteiger partial charge is 0.213 e. The minimum Gasteiger partial charge on any atom is -0.305 e. The van der Waals surface area contributed by atoms with E-state index in [9.17, 15) is 8.42 Å². The fourth-order valence-electron chi connectivity index (χ4n) is 1.39. The Morgan fingerprint density at radius 2 is 2.18 bits per heavy atom. The van der Waals surface area contributed by atoms with Gasteiger partial charge in [-0.3, -0.25) is 0 Å². The van der Waals surface area contributed by atoms with Crippen LogP contribution >= 0.6 is 0 Å². The van der Waals surface area contributed by atoms with E-state index >= 15 is 0 Å². The van der Waals surface area contributed by atoms with Gasteiger partial charge in [0.1, 0.15) is 0 Å². The second kappa shape index (κ2) is 3.08. The number of hydrogen-bond acceptors (Lipinski definition) is 3. The van der Waals surface area contributed by atoms with Gasteiger partial charge in [-0.2, -0.15) is 0 Å². The first kappa shape index (κ1) is 8.96. The van der Waals surface area contributed by atoms with Crippen LogP contribution in [0.5, 0.6) is 0 Å². The highest BCUT2D eigenvalue weighted by molar-refractivity contribution is 7.89. The first-order valence-corrected chi connectivity index (χ1v) is 5.31. The van der Waals surface area contributed by atoms with Gasteiger partial charge in [-0.05, 0) is 26.4 Å². The molecule has 0 aromatic rings. The summed E-state index contributed by atoms with van der Waals surface area (Å²) < 4.78 is 21.8. The minimum absolute atomic E-state index is 0.346. The lowest BCUT2D eigenvalue weighted by molar-refractivity contribution is 0.278. The van der Waals surface area contributed by atoms with Crippen molar-refractivity contribution in [3.05, 3.63) is 0 Å². The fraction of sp³-hybridized carbons (Fsp3) is 1.00. The molecular formula is C6H14N2O2S. The topological polar surface area (TPSA) is 63.4 Å². The number of nitrogens with two attached hydrogens (primary N) is 1. The zero-order chi connectivity index (χ0) is 8.48. The summed E-state index contributed by atoms with van der Waals surface area (Å²) in [7, 11) is -1.39. The van der Waals surface area contributed by atoms with E-state index in [1.54, 1.807) is 0 Å². The average Bonchev–Trinajstić information content (AvgIpc) is 1.86. The van der Waals surface area contributed by atoms with Crippen LogP contribution in [0.2, 0.25) is 0 Å². The molecule has 0 aromatic heterocycles. The van der Waals surface area contributed by atoms with Crippen molar-refractivity contribution >= 4 is 10.0 Å². The maximum atomic E-state index is 10.9. The molecule has 1 fully saturated rings. The van der Waals surface area contributed by atoms with E-state index in [2.05, 4.69) is 0 Å². The summed E-state index contributed by atoms with van der Waals surface area (Å²) in [5.41, 5.74) is 0. The molecule has 0 aliphatic carbocycles. The van der Waals surface area contributed by atoms with Crippen LogP contribution in [-0.2, 0) is 10.0 Å². The maximum absolute atomic E-state index is 10.9. The highest BCUT2D eigenvalue weighted by Gasteiger charge is 2.25. The second-order valence-corrected chi connectivity index (χ2v) is 4.96. The van der Waals surface area contributed by atoms with Crippen molar-refractivity contribution in [3.63, 3.8) is 0 Å². The van der Waals surface area contributed by atoms with Crippen LogP contribution in [0.4, 0.5) is 0 Å². The van der Waals surface area contributed by atoms with Gasteiger partial charge in [-0.25, -0.2) is 13.6 Å². The Hall–Kier alpha value is -0.130. The average molecular weight is 178 g/mol. The molecule has 0 spiro atoms. The van der Waals surface area contributed by atoms with Crippen molar-refractivity contribution in [3.8, 4) is 0 Å². The van der Waals surface area contributed by atoms with E-state index in [0.29, 0.717) is 13.0 Å². The summed E-state index contributed by atoms with van der Waals surface area (Å²) in [6.07, 6.45) is 1.64. The molecule has 1 atom stereocenters. The maximum Gasteiger partial charge on any atom is 0.213 e. The summed E-state index contributed by atoms with van der Waals surface area (Å²) in [6.45, 7) is 1.56. The number of rotatable bonds is 1. The van der Waals surface area contributed by atoms with Crippen LogP contribution in [0, 0.1) is 0 Å². The summed E-state index contributed by atoms with van der Waals surface area (Å²) in [6, 6.07) is 0. The number of sulfonamides is 1. The van der Waals surface area contributed by atoms with Gasteiger partial charge < -0.3 is 4.90 Å². The third-order valence-electron chi connectivity index (χ3n) is 2.05. The predicted molar refractivity (Wildman–Crippen MR) is 43.6 cm³/mol. The SMILES string of the molecule is CN1CCCC(S(N)(=O)=O)C1. The number of nitrogens with zero attached hydrogens (tertiary/aromatic N) is 1. The number of hydrogen-bond donors (Lipinski definition) is 1. The van der Waals surface area contributed by atoms with Crippen LogP contribution in [-0.4, -0.2) is 38.7 Å². The van der Waals surface area contributed by atoms with Gasteiger partial charge >= 0.3 is 0 Å². The van der Waals surface area contributed by atoms with Crippen molar-refractivity contribution in [1.82, 2.24) is 4.90 Å². The normalized spacial score (nSPS) is 28.7. The van der Waals surface area contributed by atoms with Gasteiger partial charge in [-0.1, -0.05) is 0 Å². The zero-order valence-corrected chi connectivity index (χ0v) is 7.47. The Balaban J connectivity index is 2.60. The van der Waals surface area contributed by atoms with E-state index in [4.69, 9.17) is 5.14 Å². The monoisotopic (exact) mass is 178 g/mol. The fourth-order valence-corrected chi connectivity index (χ4v) is 2.34. The third-order valence-corrected chi connectivity index (χ3v) is 3.36. The summed E-state index contributed by atoms with van der Waals surface area (Å²) in [4.78, 5) is 2.00. The van der Waals surface area contributed by atoms with Crippen molar-refractivity contribution in [1.29, 1.82) is 0 Å². The van der Waals surface area contributed by atoms with Crippen LogP contribution in [0.3, 0.4) is 0 Å². The highest BCUT2D eigenvalue weighted by atomic mass is 32.2. The lowest BCUT2D eigenvalue weighted by atomic mass is 10.1. The molecule has 66 valence electrons. The second-order valence-electron chi connectivity index (χ2n) is 3.12. The molecular weight excluding hydrogens is 164 g/mol. The van der Waals surface area contributed by atoms with Crippen molar-refractivity contribution in [2.45, 2.75) is 18.1 Å². The van der Waals surface area contributed by atoms with Gasteiger partial charge in [0, 0.05) is 6.54 Å². The van der Waals surface area contributed by atoms with Crippen LogP contribution in [0.25, 0.3) is 0 Å². The molecule has 4 nitrogen and oxygen atoms in total. The molecule has 1 saturated heterocycles. The summed E-state index contributed by atoms with van der Waals surface area (Å²) >= 11 is 0. The highest BCUT2D eigenvalue weighted by Crippen LogP contribution is 2.12. The van der Waals surface area contributed by atoms with Crippen LogP contribution in [0.15, 0.2) is 0 Å². The molecule has 0 amide bonds. The summed E-state index contributed by atoms with van der Waals surface area (Å²) in [5, 5.41) is 4.67.